The second-order valence-electron chi connectivity index (χ2n) is 8.01. The molecule has 0 aliphatic carbocycles. The standard InChI is InChI=1S/C23H21ClN6S/c1-29-7-2-3-21(29)22-26-11-19(28-22)16-12-31-23-15(16)6-8-30(23)20-5-4-14(9-17(20)24)18-10-25-13-27-18/h4-6,8-13,21H,2-3,7H2,1H3,(H,25,27)(H,26,28)/t21-/m0/s1. The van der Waals surface area contributed by atoms with Crippen LogP contribution in [-0.4, -0.2) is 43.0 Å². The minimum Gasteiger partial charge on any atom is -0.345 e. The van der Waals surface area contributed by atoms with Crippen LogP contribution in [-0.2, 0) is 0 Å². The van der Waals surface area contributed by atoms with Crippen LogP contribution in [0.3, 0.4) is 0 Å². The summed E-state index contributed by atoms with van der Waals surface area (Å²) in [5.74, 6) is 1.06. The van der Waals surface area contributed by atoms with Crippen LogP contribution >= 0.6 is 22.9 Å². The number of rotatable bonds is 4. The second kappa shape index (κ2) is 7.37. The number of fused-ring (bicyclic) bond motifs is 1. The normalized spacial score (nSPS) is 17.2. The molecule has 6 rings (SSSR count). The van der Waals surface area contributed by atoms with E-state index in [1.165, 1.54) is 22.2 Å². The minimum absolute atomic E-state index is 0.389. The maximum atomic E-state index is 6.68. The molecule has 0 spiro atoms. The second-order valence-corrected chi connectivity index (χ2v) is 9.27. The Morgan fingerprint density at radius 2 is 2.13 bits per heavy atom. The molecule has 4 aromatic heterocycles. The van der Waals surface area contributed by atoms with Crippen molar-refractivity contribution in [3.05, 3.63) is 65.4 Å². The lowest BCUT2D eigenvalue weighted by molar-refractivity contribution is 0.307. The van der Waals surface area contributed by atoms with Crippen LogP contribution < -0.4 is 0 Å². The molecule has 156 valence electrons. The van der Waals surface area contributed by atoms with Crippen LogP contribution in [0.25, 0.3) is 38.4 Å². The Balaban J connectivity index is 1.36. The number of nitrogens with zero attached hydrogens (tertiary/aromatic N) is 4. The number of hydrogen-bond donors (Lipinski definition) is 2. The molecule has 8 heteroatoms. The fourth-order valence-electron chi connectivity index (χ4n) is 4.50. The van der Waals surface area contributed by atoms with Gasteiger partial charge in [-0.2, -0.15) is 0 Å². The van der Waals surface area contributed by atoms with Gasteiger partial charge in [-0.25, -0.2) is 9.97 Å². The van der Waals surface area contributed by atoms with Gasteiger partial charge in [0, 0.05) is 28.1 Å². The molecule has 1 aliphatic rings. The van der Waals surface area contributed by atoms with Crippen molar-refractivity contribution >= 4 is 33.2 Å². The predicted molar refractivity (Wildman–Crippen MR) is 126 cm³/mol. The molecule has 1 atom stereocenters. The van der Waals surface area contributed by atoms with Crippen molar-refractivity contribution in [2.24, 2.45) is 0 Å². The molecule has 6 nitrogen and oxygen atoms in total. The van der Waals surface area contributed by atoms with Gasteiger partial charge in [-0.3, -0.25) is 4.90 Å². The first-order chi connectivity index (χ1) is 15.2. The number of aromatic amines is 2. The van der Waals surface area contributed by atoms with E-state index >= 15 is 0 Å². The van der Waals surface area contributed by atoms with Crippen molar-refractivity contribution < 1.29 is 0 Å². The monoisotopic (exact) mass is 448 g/mol. The molecule has 0 unspecified atom stereocenters. The van der Waals surface area contributed by atoms with E-state index in [0.29, 0.717) is 11.1 Å². The van der Waals surface area contributed by atoms with Gasteiger partial charge in [-0.1, -0.05) is 17.7 Å². The van der Waals surface area contributed by atoms with Gasteiger partial charge in [0.2, 0.25) is 0 Å². The minimum atomic E-state index is 0.389. The van der Waals surface area contributed by atoms with Crippen molar-refractivity contribution in [2.45, 2.75) is 18.9 Å². The van der Waals surface area contributed by atoms with E-state index in [2.05, 4.69) is 61.2 Å². The third-order valence-electron chi connectivity index (χ3n) is 6.16. The topological polar surface area (TPSA) is 65.5 Å². The number of nitrogens with one attached hydrogen (secondary N) is 2. The van der Waals surface area contributed by atoms with Crippen molar-refractivity contribution in [1.82, 2.24) is 29.4 Å². The van der Waals surface area contributed by atoms with Gasteiger partial charge in [0.1, 0.15) is 10.7 Å². The SMILES string of the molecule is CN1CCC[C@H]1c1ncc(-c2csc3c2ccn3-c2ccc(-c3cnc[nH]3)cc2Cl)[nH]1. The quantitative estimate of drug-likeness (QED) is 0.360. The molecular formula is C23H21ClN6S. The number of aromatic nitrogens is 5. The molecule has 5 aromatic rings. The van der Waals surface area contributed by atoms with Crippen LogP contribution in [0, 0.1) is 0 Å². The Labute approximate surface area is 188 Å². The zero-order valence-corrected chi connectivity index (χ0v) is 18.5. The molecule has 0 radical (unpaired) electrons. The van der Waals surface area contributed by atoms with Crippen LogP contribution in [0.5, 0.6) is 0 Å². The highest BCUT2D eigenvalue weighted by atomic mass is 35.5. The predicted octanol–water partition coefficient (Wildman–Crippen LogP) is 5.89. The summed E-state index contributed by atoms with van der Waals surface area (Å²) in [4.78, 5) is 19.0. The molecule has 0 bridgehead atoms. The average molecular weight is 449 g/mol. The van der Waals surface area contributed by atoms with Gasteiger partial charge in [0.05, 0.1) is 46.9 Å². The third kappa shape index (κ3) is 3.12. The van der Waals surface area contributed by atoms with Crippen LogP contribution in [0.4, 0.5) is 0 Å². The maximum Gasteiger partial charge on any atom is 0.123 e. The Hall–Kier alpha value is -2.87. The van der Waals surface area contributed by atoms with Gasteiger partial charge in [0.15, 0.2) is 0 Å². The summed E-state index contributed by atoms with van der Waals surface area (Å²) in [5, 5.41) is 4.10. The summed E-state index contributed by atoms with van der Waals surface area (Å²) < 4.78 is 2.16. The Kier molecular flexibility index (Phi) is 4.49. The summed E-state index contributed by atoms with van der Waals surface area (Å²) in [6.07, 6.45) is 9.91. The van der Waals surface area contributed by atoms with E-state index in [1.807, 2.05) is 12.3 Å². The van der Waals surface area contributed by atoms with Crippen molar-refractivity contribution in [3.8, 4) is 28.2 Å². The van der Waals surface area contributed by atoms with Crippen LogP contribution in [0.2, 0.25) is 5.02 Å². The molecule has 1 aliphatic heterocycles. The summed E-state index contributed by atoms with van der Waals surface area (Å²) in [6.45, 7) is 1.13. The molecule has 1 fully saturated rings. The summed E-state index contributed by atoms with van der Waals surface area (Å²) in [5.41, 5.74) is 5.19. The molecule has 5 heterocycles. The highest BCUT2D eigenvalue weighted by Gasteiger charge is 2.25. The fourth-order valence-corrected chi connectivity index (χ4v) is 5.83. The van der Waals surface area contributed by atoms with Gasteiger partial charge < -0.3 is 14.5 Å². The van der Waals surface area contributed by atoms with E-state index < -0.39 is 0 Å². The van der Waals surface area contributed by atoms with Gasteiger partial charge >= 0.3 is 0 Å². The summed E-state index contributed by atoms with van der Waals surface area (Å²) in [7, 11) is 2.17. The Morgan fingerprint density at radius 3 is 2.90 bits per heavy atom. The number of hydrogen-bond acceptors (Lipinski definition) is 4. The lowest BCUT2D eigenvalue weighted by Gasteiger charge is -2.16. The molecule has 0 saturated carbocycles. The first-order valence-electron chi connectivity index (χ1n) is 10.3. The van der Waals surface area contributed by atoms with Crippen LogP contribution in [0.1, 0.15) is 24.7 Å². The third-order valence-corrected chi connectivity index (χ3v) is 7.45. The van der Waals surface area contributed by atoms with Crippen molar-refractivity contribution in [3.63, 3.8) is 0 Å². The Bertz CT molecular complexity index is 1360. The number of halogens is 1. The summed E-state index contributed by atoms with van der Waals surface area (Å²) >= 11 is 8.40. The smallest absolute Gasteiger partial charge is 0.123 e. The Morgan fingerprint density at radius 1 is 1.19 bits per heavy atom. The van der Waals surface area contributed by atoms with E-state index in [1.54, 1.807) is 23.9 Å². The highest BCUT2D eigenvalue weighted by Crippen LogP contribution is 2.38. The van der Waals surface area contributed by atoms with Gasteiger partial charge in [-0.05, 0) is 44.6 Å². The van der Waals surface area contributed by atoms with Gasteiger partial charge in [0.25, 0.3) is 0 Å². The maximum absolute atomic E-state index is 6.68. The zero-order valence-electron chi connectivity index (χ0n) is 17.0. The van der Waals surface area contributed by atoms with E-state index in [4.69, 9.17) is 16.6 Å². The molecule has 1 aromatic carbocycles. The highest BCUT2D eigenvalue weighted by molar-refractivity contribution is 7.17. The first-order valence-corrected chi connectivity index (χ1v) is 11.6. The lowest BCUT2D eigenvalue weighted by Crippen LogP contribution is -2.18. The van der Waals surface area contributed by atoms with Crippen LogP contribution in [0.15, 0.2) is 54.6 Å². The molecule has 31 heavy (non-hydrogen) atoms. The number of thiophene rings is 1. The number of benzene rings is 1. The largest absolute Gasteiger partial charge is 0.345 e. The van der Waals surface area contributed by atoms with E-state index in [-0.39, 0.29) is 0 Å². The molecule has 2 N–H and O–H groups in total. The van der Waals surface area contributed by atoms with Crippen molar-refractivity contribution in [2.75, 3.05) is 13.6 Å². The number of imidazole rings is 2. The zero-order chi connectivity index (χ0) is 20.9. The lowest BCUT2D eigenvalue weighted by atomic mass is 10.1. The first kappa shape index (κ1) is 18.9. The van der Waals surface area contributed by atoms with Crippen molar-refractivity contribution in [1.29, 1.82) is 0 Å². The van der Waals surface area contributed by atoms with E-state index in [0.717, 1.165) is 41.4 Å². The van der Waals surface area contributed by atoms with E-state index in [9.17, 15) is 0 Å². The number of likely N-dealkylation sites (tertiary alicyclic amines) is 1. The summed E-state index contributed by atoms with van der Waals surface area (Å²) in [6, 6.07) is 8.64. The fraction of sp³-hybridized carbons (Fsp3) is 0.217. The van der Waals surface area contributed by atoms with Gasteiger partial charge in [-0.15, -0.1) is 11.3 Å². The molecular weight excluding hydrogens is 428 g/mol. The number of H-pyrrole nitrogens is 2. The molecule has 0 amide bonds. The molecule has 1 saturated heterocycles. The average Bonchev–Trinajstić information content (AvgIpc) is 3.55.